The number of allylic oxidation sites excluding steroid dienone is 1. The largest absolute Gasteiger partial charge is 0.207 e. The van der Waals surface area contributed by atoms with Crippen LogP contribution >= 0.6 is 0 Å². The van der Waals surface area contributed by atoms with Gasteiger partial charge in [0.15, 0.2) is 0 Å². The molecule has 3 atom stereocenters. The van der Waals surface area contributed by atoms with Gasteiger partial charge in [-0.3, -0.25) is 0 Å². The Kier molecular flexibility index (Phi) is 2.25. The van der Waals surface area contributed by atoms with Crippen molar-refractivity contribution < 1.29 is 4.39 Å². The summed E-state index contributed by atoms with van der Waals surface area (Å²) in [5.74, 6) is 2.91. The average molecular weight is 308 g/mol. The van der Waals surface area contributed by atoms with E-state index in [-0.39, 0.29) is 5.82 Å². The van der Waals surface area contributed by atoms with E-state index < -0.39 is 0 Å². The van der Waals surface area contributed by atoms with Gasteiger partial charge in [-0.2, -0.15) is 0 Å². The fraction of sp³-hybridized carbons (Fsp3) is 0.636. The van der Waals surface area contributed by atoms with Crippen LogP contribution in [0.1, 0.15) is 68.6 Å². The number of halogens is 1. The number of benzene rings is 1. The van der Waals surface area contributed by atoms with Crippen LogP contribution < -0.4 is 0 Å². The van der Waals surface area contributed by atoms with Crippen molar-refractivity contribution in [2.75, 3.05) is 0 Å². The fourth-order valence-corrected chi connectivity index (χ4v) is 8.03. The summed E-state index contributed by atoms with van der Waals surface area (Å²) >= 11 is 0. The maximum atomic E-state index is 14.4. The molecular weight excluding hydrogens is 283 g/mol. The summed E-state index contributed by atoms with van der Waals surface area (Å²) < 4.78 is 14.4. The molecule has 5 fully saturated rings. The third-order valence-corrected chi connectivity index (χ3v) is 8.53. The molecule has 1 spiro atoms. The van der Waals surface area contributed by atoms with Crippen molar-refractivity contribution in [3.63, 3.8) is 0 Å². The minimum absolute atomic E-state index is 0.0189. The van der Waals surface area contributed by atoms with Gasteiger partial charge in [-0.1, -0.05) is 17.7 Å². The Balaban J connectivity index is 1.58. The monoisotopic (exact) mass is 308 g/mol. The van der Waals surface area contributed by atoms with Crippen molar-refractivity contribution >= 4 is 6.08 Å². The predicted molar refractivity (Wildman–Crippen MR) is 90.7 cm³/mol. The van der Waals surface area contributed by atoms with E-state index in [9.17, 15) is 4.39 Å². The van der Waals surface area contributed by atoms with E-state index in [2.05, 4.69) is 19.1 Å². The Labute approximate surface area is 138 Å². The molecule has 0 N–H and O–H groups in total. The summed E-state index contributed by atoms with van der Waals surface area (Å²) in [4.78, 5) is 0. The zero-order valence-corrected chi connectivity index (χ0v) is 14.0. The normalized spacial score (nSPS) is 45.5. The molecule has 1 aromatic carbocycles. The third-order valence-electron chi connectivity index (χ3n) is 8.53. The minimum Gasteiger partial charge on any atom is -0.207 e. The maximum absolute atomic E-state index is 14.4. The minimum atomic E-state index is 0.0189. The van der Waals surface area contributed by atoms with Crippen LogP contribution in [0.25, 0.3) is 6.08 Å². The van der Waals surface area contributed by atoms with Gasteiger partial charge in [-0.15, -0.1) is 0 Å². The van der Waals surface area contributed by atoms with E-state index in [0.717, 1.165) is 29.7 Å². The van der Waals surface area contributed by atoms with Crippen molar-refractivity contribution in [1.82, 2.24) is 0 Å². The Bertz CT molecular complexity index is 743. The summed E-state index contributed by atoms with van der Waals surface area (Å²) in [5, 5.41) is 0. The molecule has 3 unspecified atom stereocenters. The molecule has 0 amide bonds. The van der Waals surface area contributed by atoms with E-state index in [4.69, 9.17) is 0 Å². The fourth-order valence-electron chi connectivity index (χ4n) is 8.03. The highest BCUT2D eigenvalue weighted by atomic mass is 19.1. The predicted octanol–water partition coefficient (Wildman–Crippen LogP) is 5.64. The third kappa shape index (κ3) is 1.37. The molecule has 0 heterocycles. The van der Waals surface area contributed by atoms with E-state index in [1.165, 1.54) is 56.1 Å². The lowest BCUT2D eigenvalue weighted by atomic mass is 9.30. The summed E-state index contributed by atoms with van der Waals surface area (Å²) in [6, 6.07) is 3.97. The van der Waals surface area contributed by atoms with E-state index in [1.54, 1.807) is 11.6 Å². The smallest absolute Gasteiger partial charge is 0.127 e. The lowest BCUT2D eigenvalue weighted by Gasteiger charge is -2.74. The van der Waals surface area contributed by atoms with Crippen LogP contribution in [0.4, 0.5) is 4.39 Å². The van der Waals surface area contributed by atoms with Crippen LogP contribution in [-0.2, 0) is 11.8 Å². The topological polar surface area (TPSA) is 0 Å². The first-order valence-electron chi connectivity index (χ1n) is 9.60. The first-order chi connectivity index (χ1) is 11.1. The number of hydrogen-bond acceptors (Lipinski definition) is 0. The molecular formula is C22H25F. The van der Waals surface area contributed by atoms with Gasteiger partial charge in [-0.25, -0.2) is 4.39 Å². The molecule has 4 bridgehead atoms. The van der Waals surface area contributed by atoms with Gasteiger partial charge in [0, 0.05) is 5.41 Å². The molecule has 120 valence electrons. The molecule has 1 heteroatoms. The first kappa shape index (κ1) is 13.2. The maximum Gasteiger partial charge on any atom is 0.127 e. The Hall–Kier alpha value is -1.11. The zero-order chi connectivity index (χ0) is 15.4. The van der Waals surface area contributed by atoms with Gasteiger partial charge in [0.1, 0.15) is 5.82 Å². The second kappa shape index (κ2) is 3.92. The van der Waals surface area contributed by atoms with Crippen molar-refractivity contribution in [2.45, 2.75) is 63.7 Å². The van der Waals surface area contributed by atoms with Gasteiger partial charge in [0.05, 0.1) is 0 Å². The second-order valence-corrected chi connectivity index (χ2v) is 9.45. The number of rotatable bonds is 1. The molecule has 7 rings (SSSR count). The summed E-state index contributed by atoms with van der Waals surface area (Å²) in [6.45, 7) is 2.16. The van der Waals surface area contributed by atoms with Crippen LogP contribution in [0.2, 0.25) is 0 Å². The van der Waals surface area contributed by atoms with Crippen LogP contribution in [0.15, 0.2) is 17.7 Å². The van der Waals surface area contributed by atoms with Crippen LogP contribution in [0, 0.1) is 29.0 Å². The zero-order valence-electron chi connectivity index (χ0n) is 14.0. The van der Waals surface area contributed by atoms with E-state index >= 15 is 0 Å². The van der Waals surface area contributed by atoms with Crippen molar-refractivity contribution in [3.8, 4) is 0 Å². The quantitative estimate of drug-likeness (QED) is 0.629. The molecule has 0 radical (unpaired) electrons. The second-order valence-electron chi connectivity index (χ2n) is 9.45. The highest BCUT2D eigenvalue weighted by Gasteiger charge is 2.70. The van der Waals surface area contributed by atoms with Crippen LogP contribution in [-0.4, -0.2) is 0 Å². The molecule has 0 saturated heterocycles. The van der Waals surface area contributed by atoms with Crippen molar-refractivity contribution in [1.29, 1.82) is 0 Å². The lowest BCUT2D eigenvalue weighted by molar-refractivity contribution is -0.195. The van der Waals surface area contributed by atoms with Gasteiger partial charge >= 0.3 is 0 Å². The molecule has 6 aliphatic carbocycles. The summed E-state index contributed by atoms with van der Waals surface area (Å²) in [5.41, 5.74) is 6.14. The lowest BCUT2D eigenvalue weighted by Crippen LogP contribution is -2.68. The summed E-state index contributed by atoms with van der Waals surface area (Å²) in [7, 11) is 0. The van der Waals surface area contributed by atoms with Crippen molar-refractivity contribution in [3.05, 3.63) is 40.2 Å². The highest BCUT2D eigenvalue weighted by Crippen LogP contribution is 2.77. The number of hydrogen-bond donors (Lipinski definition) is 0. The Morgan fingerprint density at radius 1 is 1.04 bits per heavy atom. The van der Waals surface area contributed by atoms with Crippen LogP contribution in [0.3, 0.4) is 0 Å². The SMILES string of the molecule is CC1=Cc2c(C34CCC35CC3CC(CC4C3)C5)ccc(F)c2C1. The van der Waals surface area contributed by atoms with Gasteiger partial charge in [0.25, 0.3) is 0 Å². The Morgan fingerprint density at radius 3 is 2.48 bits per heavy atom. The first-order valence-corrected chi connectivity index (χ1v) is 9.60. The molecule has 0 aromatic heterocycles. The molecule has 0 aliphatic heterocycles. The molecule has 1 aromatic rings. The average Bonchev–Trinajstić information content (AvgIpc) is 2.89. The van der Waals surface area contributed by atoms with E-state index in [1.807, 2.05) is 0 Å². The van der Waals surface area contributed by atoms with Crippen molar-refractivity contribution in [2.24, 2.45) is 23.2 Å². The molecule has 0 nitrogen and oxygen atoms in total. The highest BCUT2D eigenvalue weighted by molar-refractivity contribution is 5.69. The van der Waals surface area contributed by atoms with Gasteiger partial charge in [0.2, 0.25) is 0 Å². The van der Waals surface area contributed by atoms with E-state index in [0.29, 0.717) is 10.8 Å². The Morgan fingerprint density at radius 2 is 1.83 bits per heavy atom. The summed E-state index contributed by atoms with van der Waals surface area (Å²) in [6.07, 6.45) is 13.3. The van der Waals surface area contributed by atoms with Gasteiger partial charge in [-0.05, 0) is 104 Å². The molecule has 23 heavy (non-hydrogen) atoms. The molecule has 6 aliphatic rings. The standard InChI is InChI=1S/C22H25F/c1-13-6-17-18(7-13)20(23)3-2-19(17)22-5-4-21(22)11-14-8-15(12-21)10-16(22)9-14/h2-3,6,14-16H,4-5,7-12H2,1H3. The molecule has 5 saturated carbocycles. The van der Waals surface area contributed by atoms with Crippen LogP contribution in [0.5, 0.6) is 0 Å². The number of fused-ring (bicyclic) bond motifs is 1. The van der Waals surface area contributed by atoms with Gasteiger partial charge < -0.3 is 0 Å².